The number of aliphatic hydroxyl groups is 1. The molecule has 0 bridgehead atoms. The van der Waals surface area contributed by atoms with E-state index in [9.17, 15) is 0 Å². The molecule has 18 heavy (non-hydrogen) atoms. The Labute approximate surface area is 107 Å². The summed E-state index contributed by atoms with van der Waals surface area (Å²) in [6.07, 6.45) is 1.07. The Bertz CT molecular complexity index is 417. The molecule has 1 unspecified atom stereocenters. The van der Waals surface area contributed by atoms with E-state index in [0.717, 1.165) is 31.6 Å². The molecule has 0 saturated carbocycles. The summed E-state index contributed by atoms with van der Waals surface area (Å²) in [6, 6.07) is 7.67. The molecule has 1 aromatic carbocycles. The summed E-state index contributed by atoms with van der Waals surface area (Å²) in [5, 5.41) is 20.6. The first kappa shape index (κ1) is 12.9. The second-order valence-corrected chi connectivity index (χ2v) is 4.75. The van der Waals surface area contributed by atoms with E-state index in [-0.39, 0.29) is 12.4 Å². The summed E-state index contributed by atoms with van der Waals surface area (Å²) in [7, 11) is 0. The number of oxime groups is 1. The van der Waals surface area contributed by atoms with Gasteiger partial charge in [0.15, 0.2) is 5.84 Å². The van der Waals surface area contributed by atoms with Gasteiger partial charge in [-0.15, -0.1) is 0 Å². The first-order chi connectivity index (χ1) is 8.72. The van der Waals surface area contributed by atoms with Crippen LogP contribution in [-0.2, 0) is 6.54 Å². The summed E-state index contributed by atoms with van der Waals surface area (Å²) in [5.41, 5.74) is 7.42. The van der Waals surface area contributed by atoms with Crippen LogP contribution in [-0.4, -0.2) is 40.7 Å². The summed E-state index contributed by atoms with van der Waals surface area (Å²) in [5.74, 6) is 0.546. The van der Waals surface area contributed by atoms with Crippen LogP contribution >= 0.6 is 0 Å². The average molecular weight is 249 g/mol. The zero-order chi connectivity index (χ0) is 13.0. The van der Waals surface area contributed by atoms with E-state index in [4.69, 9.17) is 16.0 Å². The molecule has 1 atom stereocenters. The maximum atomic E-state index is 9.10. The fourth-order valence-electron chi connectivity index (χ4n) is 2.30. The van der Waals surface area contributed by atoms with Crippen LogP contribution in [0.25, 0.3) is 0 Å². The van der Waals surface area contributed by atoms with Gasteiger partial charge in [-0.3, -0.25) is 4.90 Å². The normalized spacial score (nSPS) is 21.4. The van der Waals surface area contributed by atoms with Crippen molar-refractivity contribution >= 4 is 5.84 Å². The van der Waals surface area contributed by atoms with Crippen molar-refractivity contribution in [3.05, 3.63) is 35.4 Å². The summed E-state index contributed by atoms with van der Waals surface area (Å²) < 4.78 is 0. The Morgan fingerprint density at radius 2 is 2.11 bits per heavy atom. The monoisotopic (exact) mass is 249 g/mol. The van der Waals surface area contributed by atoms with E-state index in [1.54, 1.807) is 0 Å². The zero-order valence-electron chi connectivity index (χ0n) is 10.3. The van der Waals surface area contributed by atoms with Crippen molar-refractivity contribution in [2.75, 3.05) is 19.7 Å². The third kappa shape index (κ3) is 3.00. The van der Waals surface area contributed by atoms with E-state index < -0.39 is 0 Å². The van der Waals surface area contributed by atoms with Crippen molar-refractivity contribution in [2.45, 2.75) is 13.0 Å². The van der Waals surface area contributed by atoms with Crippen molar-refractivity contribution in [1.82, 2.24) is 4.90 Å². The molecule has 1 aliphatic rings. The van der Waals surface area contributed by atoms with Crippen molar-refractivity contribution in [1.29, 1.82) is 0 Å². The number of nitrogens with zero attached hydrogens (tertiary/aromatic N) is 2. The molecule has 1 aliphatic heterocycles. The van der Waals surface area contributed by atoms with Gasteiger partial charge in [0.1, 0.15) is 0 Å². The number of hydrogen-bond acceptors (Lipinski definition) is 4. The first-order valence-electron chi connectivity index (χ1n) is 6.13. The molecule has 2 rings (SSSR count). The predicted molar refractivity (Wildman–Crippen MR) is 69.4 cm³/mol. The molecular weight excluding hydrogens is 230 g/mol. The second kappa shape index (κ2) is 5.84. The largest absolute Gasteiger partial charge is 0.409 e. The van der Waals surface area contributed by atoms with Gasteiger partial charge in [0.2, 0.25) is 0 Å². The van der Waals surface area contributed by atoms with Crippen molar-refractivity contribution < 1.29 is 10.3 Å². The third-order valence-electron chi connectivity index (χ3n) is 3.39. The van der Waals surface area contributed by atoms with E-state index in [0.29, 0.717) is 5.92 Å². The lowest BCUT2D eigenvalue weighted by Gasteiger charge is -2.15. The number of likely N-dealkylation sites (tertiary alicyclic amines) is 1. The van der Waals surface area contributed by atoms with Gasteiger partial charge in [-0.25, -0.2) is 0 Å². The van der Waals surface area contributed by atoms with Crippen LogP contribution in [0.3, 0.4) is 0 Å². The lowest BCUT2D eigenvalue weighted by molar-refractivity contribution is 0.220. The molecule has 1 aromatic rings. The van der Waals surface area contributed by atoms with Crippen LogP contribution in [0, 0.1) is 5.92 Å². The SMILES string of the molecule is N/C(=N/O)c1ccc(CN2CCC(CO)C2)cc1. The Morgan fingerprint density at radius 3 is 2.67 bits per heavy atom. The highest BCUT2D eigenvalue weighted by Gasteiger charge is 2.21. The molecule has 1 fully saturated rings. The fraction of sp³-hybridized carbons (Fsp3) is 0.462. The summed E-state index contributed by atoms with van der Waals surface area (Å²) >= 11 is 0. The maximum absolute atomic E-state index is 9.10. The van der Waals surface area contributed by atoms with Crippen LogP contribution in [0.5, 0.6) is 0 Å². The minimum atomic E-state index is 0.128. The molecule has 0 aromatic heterocycles. The van der Waals surface area contributed by atoms with Crippen LogP contribution in [0.1, 0.15) is 17.5 Å². The van der Waals surface area contributed by atoms with Crippen LogP contribution in [0.2, 0.25) is 0 Å². The molecule has 5 heteroatoms. The van der Waals surface area contributed by atoms with E-state index in [1.165, 1.54) is 5.56 Å². The molecule has 0 spiro atoms. The zero-order valence-corrected chi connectivity index (χ0v) is 10.3. The molecule has 1 saturated heterocycles. The van der Waals surface area contributed by atoms with Crippen molar-refractivity contribution in [3.63, 3.8) is 0 Å². The highest BCUT2D eigenvalue weighted by atomic mass is 16.4. The Balaban J connectivity index is 1.95. The second-order valence-electron chi connectivity index (χ2n) is 4.75. The third-order valence-corrected chi connectivity index (χ3v) is 3.39. The first-order valence-corrected chi connectivity index (χ1v) is 6.13. The minimum Gasteiger partial charge on any atom is -0.409 e. The van der Waals surface area contributed by atoms with Gasteiger partial charge in [0, 0.05) is 25.3 Å². The van der Waals surface area contributed by atoms with Crippen molar-refractivity contribution in [3.8, 4) is 0 Å². The van der Waals surface area contributed by atoms with E-state index in [1.807, 2.05) is 24.3 Å². The molecular formula is C13H19N3O2. The Hall–Kier alpha value is -1.59. The molecule has 1 heterocycles. The van der Waals surface area contributed by atoms with Gasteiger partial charge in [-0.1, -0.05) is 29.4 Å². The van der Waals surface area contributed by atoms with E-state index >= 15 is 0 Å². The van der Waals surface area contributed by atoms with Gasteiger partial charge < -0.3 is 16.0 Å². The van der Waals surface area contributed by atoms with Gasteiger partial charge in [-0.2, -0.15) is 0 Å². The number of hydrogen-bond donors (Lipinski definition) is 3. The molecule has 0 aliphatic carbocycles. The van der Waals surface area contributed by atoms with E-state index in [2.05, 4.69) is 10.1 Å². The lowest BCUT2D eigenvalue weighted by atomic mass is 10.1. The van der Waals surface area contributed by atoms with Crippen LogP contribution < -0.4 is 5.73 Å². The summed E-state index contributed by atoms with van der Waals surface area (Å²) in [4.78, 5) is 2.33. The highest BCUT2D eigenvalue weighted by Crippen LogP contribution is 2.18. The molecule has 0 radical (unpaired) electrons. The van der Waals surface area contributed by atoms with Crippen LogP contribution in [0.4, 0.5) is 0 Å². The number of nitrogens with two attached hydrogens (primary N) is 1. The quantitative estimate of drug-likeness (QED) is 0.316. The highest BCUT2D eigenvalue weighted by molar-refractivity contribution is 5.96. The fourth-order valence-corrected chi connectivity index (χ4v) is 2.30. The number of rotatable bonds is 4. The smallest absolute Gasteiger partial charge is 0.170 e. The Morgan fingerprint density at radius 1 is 1.39 bits per heavy atom. The van der Waals surface area contributed by atoms with Gasteiger partial charge in [-0.05, 0) is 24.4 Å². The lowest BCUT2D eigenvalue weighted by Crippen LogP contribution is -2.21. The number of aliphatic hydroxyl groups excluding tert-OH is 1. The molecule has 4 N–H and O–H groups in total. The topological polar surface area (TPSA) is 82.1 Å². The van der Waals surface area contributed by atoms with Crippen LogP contribution in [0.15, 0.2) is 29.4 Å². The standard InChI is InChI=1S/C13H19N3O2/c14-13(15-18)12-3-1-10(2-4-12)7-16-6-5-11(8-16)9-17/h1-4,11,17-18H,5-9H2,(H2,14,15). The number of benzene rings is 1. The number of amidine groups is 1. The van der Waals surface area contributed by atoms with Gasteiger partial charge in [0.05, 0.1) is 0 Å². The molecule has 98 valence electrons. The molecule has 5 nitrogen and oxygen atoms in total. The van der Waals surface area contributed by atoms with Crippen molar-refractivity contribution in [2.24, 2.45) is 16.8 Å². The average Bonchev–Trinajstić information content (AvgIpc) is 2.86. The molecule has 0 amide bonds. The Kier molecular flexibility index (Phi) is 4.17. The van der Waals surface area contributed by atoms with Gasteiger partial charge in [0.25, 0.3) is 0 Å². The summed E-state index contributed by atoms with van der Waals surface area (Å²) in [6.45, 7) is 3.15. The van der Waals surface area contributed by atoms with Gasteiger partial charge >= 0.3 is 0 Å². The predicted octanol–water partition coefficient (Wildman–Crippen LogP) is 0.595. The minimum absolute atomic E-state index is 0.128. The maximum Gasteiger partial charge on any atom is 0.170 e.